The van der Waals surface area contributed by atoms with Crippen molar-refractivity contribution in [2.75, 3.05) is 0 Å². The van der Waals surface area contributed by atoms with Crippen LogP contribution in [0.1, 0.15) is 42.2 Å². The number of benzene rings is 1. The largest absolute Gasteiger partial charge is 0.352 e. The second-order valence-corrected chi connectivity index (χ2v) is 4.34. The molecule has 0 fully saturated rings. The summed E-state index contributed by atoms with van der Waals surface area (Å²) in [7, 11) is 0. The van der Waals surface area contributed by atoms with E-state index in [1.54, 1.807) is 6.07 Å². The van der Waals surface area contributed by atoms with Crippen molar-refractivity contribution in [2.45, 2.75) is 33.1 Å². The number of aryl methyl sites for hydroxylation is 1. The molecule has 3 heteroatoms. The highest BCUT2D eigenvalue weighted by atomic mass is 19.1. The van der Waals surface area contributed by atoms with Gasteiger partial charge in [0, 0.05) is 17.3 Å². The van der Waals surface area contributed by atoms with Crippen molar-refractivity contribution in [2.24, 2.45) is 0 Å². The molecule has 0 saturated carbocycles. The number of rotatable bonds is 4. The van der Waals surface area contributed by atoms with Crippen LogP contribution in [-0.2, 0) is 0 Å². The van der Waals surface area contributed by atoms with E-state index in [2.05, 4.69) is 11.9 Å². The third-order valence-corrected chi connectivity index (χ3v) is 3.06. The van der Waals surface area contributed by atoms with Crippen LogP contribution in [0.2, 0.25) is 0 Å². The number of H-pyrrole nitrogens is 1. The Bertz CT molecular complexity index is 557. The monoisotopic (exact) mass is 233 g/mol. The number of halogens is 1. The number of hydrogen-bond acceptors (Lipinski definition) is 1. The number of aromatic nitrogens is 1. The molecule has 90 valence electrons. The van der Waals surface area contributed by atoms with Gasteiger partial charge in [-0.05, 0) is 37.1 Å². The van der Waals surface area contributed by atoms with Crippen LogP contribution in [0.3, 0.4) is 0 Å². The summed E-state index contributed by atoms with van der Waals surface area (Å²) in [5.74, 6) is -0.159. The molecule has 1 N–H and O–H groups in total. The van der Waals surface area contributed by atoms with Crippen LogP contribution >= 0.6 is 0 Å². The lowest BCUT2D eigenvalue weighted by Crippen LogP contribution is -2.00. The van der Waals surface area contributed by atoms with Crippen molar-refractivity contribution in [1.82, 2.24) is 4.98 Å². The molecule has 1 aromatic heterocycles. The predicted octanol–water partition coefficient (Wildman–Crippen LogP) is 3.99. The minimum atomic E-state index is -0.271. The second kappa shape index (κ2) is 4.70. The smallest absolute Gasteiger partial charge is 0.179 e. The van der Waals surface area contributed by atoms with E-state index in [1.807, 2.05) is 6.92 Å². The summed E-state index contributed by atoms with van der Waals surface area (Å²) in [4.78, 5) is 15.0. The number of Topliss-reactive ketones (excluding diaryl/α,β-unsaturated/α-hetero) is 1. The van der Waals surface area contributed by atoms with Gasteiger partial charge in [-0.25, -0.2) is 4.39 Å². The molecule has 17 heavy (non-hydrogen) atoms. The Labute approximate surface area is 99.8 Å². The first kappa shape index (κ1) is 11.8. The third-order valence-electron chi connectivity index (χ3n) is 3.06. The second-order valence-electron chi connectivity index (χ2n) is 4.34. The van der Waals surface area contributed by atoms with Gasteiger partial charge in [0.05, 0.1) is 5.69 Å². The molecular formula is C14H16FNO. The van der Waals surface area contributed by atoms with E-state index in [9.17, 15) is 9.18 Å². The van der Waals surface area contributed by atoms with Gasteiger partial charge in [-0.1, -0.05) is 13.3 Å². The molecule has 0 radical (unpaired) electrons. The fourth-order valence-electron chi connectivity index (χ4n) is 2.04. The summed E-state index contributed by atoms with van der Waals surface area (Å²) >= 11 is 0. The number of unbranched alkanes of at least 4 members (excludes halogenated alkanes) is 1. The Balaban J connectivity index is 2.42. The third kappa shape index (κ3) is 2.23. The van der Waals surface area contributed by atoms with Gasteiger partial charge < -0.3 is 4.98 Å². The average molecular weight is 233 g/mol. The highest BCUT2D eigenvalue weighted by Gasteiger charge is 2.14. The number of hydrogen-bond donors (Lipinski definition) is 1. The Morgan fingerprint density at radius 3 is 2.88 bits per heavy atom. The van der Waals surface area contributed by atoms with E-state index in [0.29, 0.717) is 12.1 Å². The molecule has 0 saturated heterocycles. The van der Waals surface area contributed by atoms with Crippen LogP contribution in [0.5, 0.6) is 0 Å². The molecule has 0 atom stereocenters. The van der Waals surface area contributed by atoms with Gasteiger partial charge in [0.15, 0.2) is 5.78 Å². The van der Waals surface area contributed by atoms with Crippen LogP contribution in [0.15, 0.2) is 18.2 Å². The molecule has 1 heterocycles. The maximum absolute atomic E-state index is 13.1. The SMILES string of the molecule is CCCCC(=O)c1[nH]c2ccc(F)cc2c1C. The van der Waals surface area contributed by atoms with E-state index in [1.165, 1.54) is 12.1 Å². The van der Waals surface area contributed by atoms with Gasteiger partial charge in [0.2, 0.25) is 0 Å². The van der Waals surface area contributed by atoms with Crippen molar-refractivity contribution >= 4 is 16.7 Å². The lowest BCUT2D eigenvalue weighted by atomic mass is 10.1. The van der Waals surface area contributed by atoms with Crippen LogP contribution in [0.25, 0.3) is 10.9 Å². The summed E-state index contributed by atoms with van der Waals surface area (Å²) in [6, 6.07) is 4.55. The van der Waals surface area contributed by atoms with Crippen molar-refractivity contribution in [3.63, 3.8) is 0 Å². The summed E-state index contributed by atoms with van der Waals surface area (Å²) in [6.07, 6.45) is 2.44. The fraction of sp³-hybridized carbons (Fsp3) is 0.357. The zero-order valence-electron chi connectivity index (χ0n) is 10.1. The fourth-order valence-corrected chi connectivity index (χ4v) is 2.04. The Morgan fingerprint density at radius 1 is 1.41 bits per heavy atom. The Morgan fingerprint density at radius 2 is 2.18 bits per heavy atom. The van der Waals surface area contributed by atoms with Gasteiger partial charge in [0.1, 0.15) is 5.82 Å². The molecule has 0 bridgehead atoms. The molecule has 2 aromatic rings. The molecule has 2 rings (SSSR count). The Kier molecular flexibility index (Phi) is 3.27. The first-order valence-corrected chi connectivity index (χ1v) is 5.94. The summed E-state index contributed by atoms with van der Waals surface area (Å²) in [5.41, 5.74) is 2.29. The van der Waals surface area contributed by atoms with Gasteiger partial charge in [-0.15, -0.1) is 0 Å². The number of carbonyl (C=O) groups is 1. The van der Waals surface area contributed by atoms with Crippen LogP contribution in [0.4, 0.5) is 4.39 Å². The molecule has 0 aliphatic carbocycles. The number of carbonyl (C=O) groups excluding carboxylic acids is 1. The molecule has 0 amide bonds. The Hall–Kier alpha value is -1.64. The van der Waals surface area contributed by atoms with Crippen molar-refractivity contribution < 1.29 is 9.18 Å². The van der Waals surface area contributed by atoms with E-state index >= 15 is 0 Å². The summed E-state index contributed by atoms with van der Waals surface area (Å²) < 4.78 is 13.1. The highest BCUT2D eigenvalue weighted by Crippen LogP contribution is 2.23. The maximum atomic E-state index is 13.1. The van der Waals surface area contributed by atoms with Gasteiger partial charge in [-0.2, -0.15) is 0 Å². The van der Waals surface area contributed by atoms with E-state index in [4.69, 9.17) is 0 Å². The quantitative estimate of drug-likeness (QED) is 0.796. The first-order chi connectivity index (χ1) is 8.13. The molecule has 0 unspecified atom stereocenters. The molecule has 0 aliphatic rings. The predicted molar refractivity (Wildman–Crippen MR) is 66.8 cm³/mol. The van der Waals surface area contributed by atoms with E-state index < -0.39 is 0 Å². The summed E-state index contributed by atoms with van der Waals surface area (Å²) in [6.45, 7) is 3.91. The van der Waals surface area contributed by atoms with Crippen LogP contribution in [-0.4, -0.2) is 10.8 Å². The number of fused-ring (bicyclic) bond motifs is 1. The minimum Gasteiger partial charge on any atom is -0.352 e. The lowest BCUT2D eigenvalue weighted by molar-refractivity contribution is 0.0975. The first-order valence-electron chi connectivity index (χ1n) is 5.94. The lowest BCUT2D eigenvalue weighted by Gasteiger charge is -1.98. The number of nitrogens with one attached hydrogen (secondary N) is 1. The van der Waals surface area contributed by atoms with E-state index in [0.717, 1.165) is 29.3 Å². The van der Waals surface area contributed by atoms with Gasteiger partial charge >= 0.3 is 0 Å². The molecule has 0 spiro atoms. The van der Waals surface area contributed by atoms with Gasteiger partial charge in [0.25, 0.3) is 0 Å². The summed E-state index contributed by atoms with van der Waals surface area (Å²) in [5, 5.41) is 0.796. The zero-order valence-corrected chi connectivity index (χ0v) is 10.1. The minimum absolute atomic E-state index is 0.112. The van der Waals surface area contributed by atoms with Crippen molar-refractivity contribution in [3.05, 3.63) is 35.3 Å². The molecular weight excluding hydrogens is 217 g/mol. The van der Waals surface area contributed by atoms with Crippen molar-refractivity contribution in [1.29, 1.82) is 0 Å². The van der Waals surface area contributed by atoms with Crippen molar-refractivity contribution in [3.8, 4) is 0 Å². The normalized spacial score (nSPS) is 11.0. The molecule has 0 aliphatic heterocycles. The van der Waals surface area contributed by atoms with Crippen LogP contribution in [0, 0.1) is 12.7 Å². The van der Waals surface area contributed by atoms with E-state index in [-0.39, 0.29) is 11.6 Å². The average Bonchev–Trinajstić information content (AvgIpc) is 2.64. The standard InChI is InChI=1S/C14H16FNO/c1-3-4-5-13(17)14-9(2)11-8-10(15)6-7-12(11)16-14/h6-8,16H,3-5H2,1-2H3. The zero-order chi connectivity index (χ0) is 12.4. The number of ketones is 1. The molecule has 2 nitrogen and oxygen atoms in total. The topological polar surface area (TPSA) is 32.9 Å². The van der Waals surface area contributed by atoms with Crippen LogP contribution < -0.4 is 0 Å². The molecule has 1 aromatic carbocycles. The maximum Gasteiger partial charge on any atom is 0.179 e. The highest BCUT2D eigenvalue weighted by molar-refractivity contribution is 6.02. The van der Waals surface area contributed by atoms with Gasteiger partial charge in [-0.3, -0.25) is 4.79 Å². The number of aromatic amines is 1.